The minimum absolute atomic E-state index is 0.0122. The molecule has 2 atom stereocenters. The molecule has 0 aromatic heterocycles. The summed E-state index contributed by atoms with van der Waals surface area (Å²) in [5.74, 6) is -0.0576. The summed E-state index contributed by atoms with van der Waals surface area (Å²) in [7, 11) is 0. The van der Waals surface area contributed by atoms with Gasteiger partial charge in [-0.25, -0.2) is 0 Å². The molecule has 0 heterocycles. The van der Waals surface area contributed by atoms with E-state index in [1.165, 1.54) is 257 Å². The lowest BCUT2D eigenvalue weighted by Crippen LogP contribution is -2.45. The first-order valence-corrected chi connectivity index (χ1v) is 30.8. The lowest BCUT2D eigenvalue weighted by molar-refractivity contribution is -0.143. The van der Waals surface area contributed by atoms with Crippen LogP contribution in [0.3, 0.4) is 0 Å². The molecule has 0 aliphatic rings. The summed E-state index contributed by atoms with van der Waals surface area (Å²) >= 11 is 0. The second-order valence-corrected chi connectivity index (χ2v) is 21.0. The maximum absolute atomic E-state index is 12.4. The van der Waals surface area contributed by atoms with Gasteiger partial charge in [0.25, 0.3) is 0 Å². The Morgan fingerprint density at radius 3 is 1.10 bits per heavy atom. The predicted molar refractivity (Wildman–Crippen MR) is 301 cm³/mol. The number of hydrogen-bond acceptors (Lipinski definition) is 5. The van der Waals surface area contributed by atoms with Crippen LogP contribution in [0, 0.1) is 0 Å². The van der Waals surface area contributed by atoms with Crippen LogP contribution in [0.5, 0.6) is 0 Å². The molecule has 0 rings (SSSR count). The van der Waals surface area contributed by atoms with E-state index in [0.717, 1.165) is 44.9 Å². The predicted octanol–water partition coefficient (Wildman–Crippen LogP) is 19.2. The van der Waals surface area contributed by atoms with Gasteiger partial charge < -0.3 is 20.3 Å². The summed E-state index contributed by atoms with van der Waals surface area (Å²) in [5, 5.41) is 23.0. The number of unbranched alkanes of at least 4 members (excludes halogenated alkanes) is 42. The van der Waals surface area contributed by atoms with Gasteiger partial charge in [-0.3, -0.25) is 9.59 Å². The molecule has 6 nitrogen and oxygen atoms in total. The van der Waals surface area contributed by atoms with E-state index in [1.807, 2.05) is 6.08 Å². The number of aliphatic hydroxyl groups excluding tert-OH is 2. The van der Waals surface area contributed by atoms with Crippen molar-refractivity contribution in [2.45, 2.75) is 341 Å². The van der Waals surface area contributed by atoms with Crippen LogP contribution in [-0.4, -0.2) is 47.4 Å². The highest BCUT2D eigenvalue weighted by Crippen LogP contribution is 2.17. The van der Waals surface area contributed by atoms with E-state index in [4.69, 9.17) is 4.74 Å². The van der Waals surface area contributed by atoms with Crippen LogP contribution in [0.4, 0.5) is 0 Å². The molecule has 0 aromatic carbocycles. The smallest absolute Gasteiger partial charge is 0.305 e. The number of esters is 1. The highest BCUT2D eigenvalue weighted by Gasteiger charge is 2.18. The maximum Gasteiger partial charge on any atom is 0.305 e. The molecule has 406 valence electrons. The third-order valence-corrected chi connectivity index (χ3v) is 14.2. The highest BCUT2D eigenvalue weighted by atomic mass is 16.5. The molecule has 2 unspecified atom stereocenters. The van der Waals surface area contributed by atoms with Crippen LogP contribution in [0.2, 0.25) is 0 Å². The van der Waals surface area contributed by atoms with Gasteiger partial charge in [-0.05, 0) is 64.2 Å². The first-order chi connectivity index (χ1) is 34.0. The van der Waals surface area contributed by atoms with Gasteiger partial charge in [0.15, 0.2) is 0 Å². The summed E-state index contributed by atoms with van der Waals surface area (Å²) in [6.07, 6.45) is 73.4. The Morgan fingerprint density at radius 2 is 0.725 bits per heavy atom. The van der Waals surface area contributed by atoms with Crippen LogP contribution >= 0.6 is 0 Å². The lowest BCUT2D eigenvalue weighted by atomic mass is 10.0. The van der Waals surface area contributed by atoms with Gasteiger partial charge in [-0.1, -0.05) is 288 Å². The number of rotatable bonds is 57. The largest absolute Gasteiger partial charge is 0.466 e. The number of ether oxygens (including phenoxy) is 1. The Hall–Kier alpha value is -1.92. The monoisotopic (exact) mass is 970 g/mol. The maximum atomic E-state index is 12.4. The van der Waals surface area contributed by atoms with Crippen molar-refractivity contribution in [1.82, 2.24) is 5.32 Å². The Labute approximate surface area is 430 Å². The average Bonchev–Trinajstić information content (AvgIpc) is 3.35. The van der Waals surface area contributed by atoms with Gasteiger partial charge >= 0.3 is 5.97 Å². The number of allylic oxidation sites excluding steroid dienone is 5. The average molecular weight is 971 g/mol. The van der Waals surface area contributed by atoms with Gasteiger partial charge in [-0.15, -0.1) is 0 Å². The molecule has 0 spiro atoms. The normalized spacial score (nSPS) is 12.8. The van der Waals surface area contributed by atoms with Gasteiger partial charge in [0.2, 0.25) is 5.91 Å². The van der Waals surface area contributed by atoms with E-state index in [0.29, 0.717) is 19.4 Å². The molecule has 3 N–H and O–H groups in total. The fourth-order valence-corrected chi connectivity index (χ4v) is 9.43. The quantitative estimate of drug-likeness (QED) is 0.0321. The molecule has 0 radical (unpaired) electrons. The zero-order valence-electron chi connectivity index (χ0n) is 46.3. The molecule has 0 saturated heterocycles. The van der Waals surface area contributed by atoms with Crippen LogP contribution < -0.4 is 5.32 Å². The van der Waals surface area contributed by atoms with Gasteiger partial charge in [0.1, 0.15) is 0 Å². The minimum Gasteiger partial charge on any atom is -0.466 e. The topological polar surface area (TPSA) is 95.9 Å². The van der Waals surface area contributed by atoms with Gasteiger partial charge in [0.05, 0.1) is 25.4 Å². The van der Waals surface area contributed by atoms with Crippen molar-refractivity contribution < 1.29 is 24.5 Å². The molecule has 0 fully saturated rings. The van der Waals surface area contributed by atoms with Crippen molar-refractivity contribution in [3.05, 3.63) is 36.5 Å². The van der Waals surface area contributed by atoms with E-state index in [9.17, 15) is 19.8 Å². The fourth-order valence-electron chi connectivity index (χ4n) is 9.43. The number of amides is 1. The van der Waals surface area contributed by atoms with Crippen molar-refractivity contribution >= 4 is 11.9 Å². The number of hydrogen-bond donors (Lipinski definition) is 3. The van der Waals surface area contributed by atoms with Crippen molar-refractivity contribution in [3.8, 4) is 0 Å². The minimum atomic E-state index is -0.843. The van der Waals surface area contributed by atoms with Crippen molar-refractivity contribution in [3.63, 3.8) is 0 Å². The molecule has 0 aliphatic carbocycles. The molecule has 0 bridgehead atoms. The van der Waals surface area contributed by atoms with Crippen molar-refractivity contribution in [1.29, 1.82) is 0 Å². The van der Waals surface area contributed by atoms with Crippen LogP contribution in [0.15, 0.2) is 36.5 Å². The molecular weight excluding hydrogens is 851 g/mol. The molecule has 6 heteroatoms. The molecule has 69 heavy (non-hydrogen) atoms. The van der Waals surface area contributed by atoms with Crippen molar-refractivity contribution in [2.75, 3.05) is 13.2 Å². The van der Waals surface area contributed by atoms with E-state index in [2.05, 4.69) is 43.5 Å². The molecule has 0 aromatic rings. The van der Waals surface area contributed by atoms with Crippen molar-refractivity contribution in [2.24, 2.45) is 0 Å². The van der Waals surface area contributed by atoms with Gasteiger partial charge in [0, 0.05) is 12.8 Å². The SMILES string of the molecule is CCCCCCCCCCC/C=C/C(O)C(CO)NC(=O)CCCCCCCCCCCCCCC/C=C\C/C=C\CCCCCCCCCCCOC(=O)CCCCCCCCCCCCCC. The van der Waals surface area contributed by atoms with E-state index < -0.39 is 12.1 Å². The summed E-state index contributed by atoms with van der Waals surface area (Å²) in [5.41, 5.74) is 0. The number of aliphatic hydroxyl groups is 2. The van der Waals surface area contributed by atoms with E-state index in [1.54, 1.807) is 6.08 Å². The van der Waals surface area contributed by atoms with E-state index >= 15 is 0 Å². The molecule has 0 saturated carbocycles. The highest BCUT2D eigenvalue weighted by molar-refractivity contribution is 5.76. The molecular formula is C63H119NO5. The molecule has 0 aliphatic heterocycles. The Kier molecular flexibility index (Phi) is 57.0. The second-order valence-electron chi connectivity index (χ2n) is 21.0. The Bertz CT molecular complexity index is 1120. The first kappa shape index (κ1) is 67.1. The third-order valence-electron chi connectivity index (χ3n) is 14.2. The van der Waals surface area contributed by atoms with Gasteiger partial charge in [-0.2, -0.15) is 0 Å². The van der Waals surface area contributed by atoms with Crippen LogP contribution in [-0.2, 0) is 14.3 Å². The third kappa shape index (κ3) is 55.2. The number of nitrogens with one attached hydrogen (secondary N) is 1. The van der Waals surface area contributed by atoms with E-state index in [-0.39, 0.29) is 18.5 Å². The van der Waals surface area contributed by atoms with Crippen LogP contribution in [0.1, 0.15) is 328 Å². The first-order valence-electron chi connectivity index (χ1n) is 30.8. The summed E-state index contributed by atoms with van der Waals surface area (Å²) in [6, 6.07) is -0.627. The Morgan fingerprint density at radius 1 is 0.406 bits per heavy atom. The number of carbonyl (C=O) groups is 2. The van der Waals surface area contributed by atoms with Crippen LogP contribution in [0.25, 0.3) is 0 Å². The zero-order valence-corrected chi connectivity index (χ0v) is 46.3. The second kappa shape index (κ2) is 58.6. The standard InChI is InChI=1S/C63H119NO5/c1-3-5-7-9-11-13-15-37-41-45-49-53-57-63(68)69-58-54-50-46-42-38-34-32-30-28-26-24-22-20-18-16-17-19-21-23-25-27-29-31-33-36-40-44-48-52-56-62(67)64-60(59-65)61(66)55-51-47-43-39-35-14-12-10-8-6-4-2/h16,18,22,24,51,55,60-61,65-66H,3-15,17,19-21,23,25-50,52-54,56-59H2,1-2H3,(H,64,67)/b18-16-,24-22-,55-51+. The summed E-state index contributed by atoms with van der Waals surface area (Å²) in [6.45, 7) is 4.90. The summed E-state index contributed by atoms with van der Waals surface area (Å²) < 4.78 is 5.47. The fraction of sp³-hybridized carbons (Fsp3) is 0.873. The summed E-state index contributed by atoms with van der Waals surface area (Å²) in [4.78, 5) is 24.4. The zero-order chi connectivity index (χ0) is 50.0. The molecule has 1 amide bonds. The Balaban J connectivity index is 3.41. The number of carbonyl (C=O) groups excluding carboxylic acids is 2. The lowest BCUT2D eigenvalue weighted by Gasteiger charge is -2.20.